The van der Waals surface area contributed by atoms with Gasteiger partial charge in [0.05, 0.1) is 5.56 Å². The van der Waals surface area contributed by atoms with Crippen LogP contribution in [0.25, 0.3) is 0 Å². The van der Waals surface area contributed by atoms with E-state index in [4.69, 9.17) is 0 Å². The van der Waals surface area contributed by atoms with Crippen LogP contribution in [0, 0.1) is 6.92 Å². The molecule has 0 heterocycles. The topological polar surface area (TPSA) is 40.5 Å². The third kappa shape index (κ3) is 2.82. The van der Waals surface area contributed by atoms with Gasteiger partial charge in [-0.15, -0.1) is 0 Å². The first-order valence-corrected chi connectivity index (χ1v) is 6.69. The van der Waals surface area contributed by atoms with Gasteiger partial charge in [0.2, 0.25) is 0 Å². The Kier molecular flexibility index (Phi) is 4.08. The average Bonchev–Trinajstić information content (AvgIpc) is 2.46. The van der Waals surface area contributed by atoms with Gasteiger partial charge in [0.15, 0.2) is 0 Å². The van der Waals surface area contributed by atoms with Crippen LogP contribution in [0.15, 0.2) is 42.5 Å². The fourth-order valence-corrected chi connectivity index (χ4v) is 2.08. The van der Waals surface area contributed by atoms with E-state index >= 15 is 0 Å². The second-order valence-electron chi connectivity index (χ2n) is 4.90. The Hall–Kier alpha value is -2.29. The van der Waals surface area contributed by atoms with Gasteiger partial charge in [-0.05, 0) is 48.7 Å². The molecule has 0 aliphatic rings. The van der Waals surface area contributed by atoms with Crippen LogP contribution in [-0.4, -0.2) is 18.1 Å². The highest BCUT2D eigenvalue weighted by molar-refractivity contribution is 6.07. The molecule has 104 valence electrons. The van der Waals surface area contributed by atoms with Crippen molar-refractivity contribution in [3.63, 3.8) is 0 Å². The van der Waals surface area contributed by atoms with Crippen molar-refractivity contribution >= 4 is 11.6 Å². The predicted octanol–water partition coefficient (Wildman–Crippen LogP) is 3.54. The molecule has 0 spiro atoms. The molecule has 0 aliphatic heterocycles. The lowest BCUT2D eigenvalue weighted by molar-refractivity contribution is 0.0990. The van der Waals surface area contributed by atoms with Gasteiger partial charge in [-0.3, -0.25) is 4.79 Å². The third-order valence-corrected chi connectivity index (χ3v) is 3.42. The standard InChI is InChI=1S/C17H19NO2/c1-4-13-6-8-14(9-7-13)18(3)17(20)15-10-5-12(2)11-16(15)19/h5-11,19H,4H2,1-3H3. The number of aromatic hydroxyl groups is 1. The summed E-state index contributed by atoms with van der Waals surface area (Å²) >= 11 is 0. The fourth-order valence-electron chi connectivity index (χ4n) is 2.08. The summed E-state index contributed by atoms with van der Waals surface area (Å²) in [6, 6.07) is 12.9. The molecule has 3 heteroatoms. The molecule has 2 aromatic rings. The highest BCUT2D eigenvalue weighted by atomic mass is 16.3. The lowest BCUT2D eigenvalue weighted by Crippen LogP contribution is -2.26. The molecule has 1 amide bonds. The Balaban J connectivity index is 2.27. The van der Waals surface area contributed by atoms with Gasteiger partial charge in [0.1, 0.15) is 5.75 Å². The van der Waals surface area contributed by atoms with Crippen molar-refractivity contribution in [2.45, 2.75) is 20.3 Å². The number of rotatable bonds is 3. The van der Waals surface area contributed by atoms with E-state index in [2.05, 4.69) is 6.92 Å². The largest absolute Gasteiger partial charge is 0.507 e. The smallest absolute Gasteiger partial charge is 0.261 e. The summed E-state index contributed by atoms with van der Waals surface area (Å²) in [4.78, 5) is 13.9. The van der Waals surface area contributed by atoms with E-state index in [9.17, 15) is 9.90 Å². The van der Waals surface area contributed by atoms with Gasteiger partial charge in [-0.25, -0.2) is 0 Å². The molecule has 0 bridgehead atoms. The van der Waals surface area contributed by atoms with Crippen LogP contribution in [0.3, 0.4) is 0 Å². The minimum atomic E-state index is -0.216. The number of phenols is 1. The second kappa shape index (κ2) is 5.78. The van der Waals surface area contributed by atoms with Crippen molar-refractivity contribution in [1.29, 1.82) is 0 Å². The maximum absolute atomic E-state index is 12.4. The summed E-state index contributed by atoms with van der Waals surface area (Å²) in [6.07, 6.45) is 0.969. The highest BCUT2D eigenvalue weighted by Gasteiger charge is 2.16. The van der Waals surface area contributed by atoms with Gasteiger partial charge in [-0.1, -0.05) is 25.1 Å². The Morgan fingerprint density at radius 1 is 1.15 bits per heavy atom. The Morgan fingerprint density at radius 2 is 1.80 bits per heavy atom. The summed E-state index contributed by atoms with van der Waals surface area (Å²) in [5, 5.41) is 9.89. The second-order valence-corrected chi connectivity index (χ2v) is 4.90. The summed E-state index contributed by atoms with van der Waals surface area (Å²) in [6.45, 7) is 3.97. The molecule has 0 aromatic heterocycles. The lowest BCUT2D eigenvalue weighted by atomic mass is 10.1. The molecule has 0 saturated heterocycles. The van der Waals surface area contributed by atoms with Crippen molar-refractivity contribution in [2.75, 3.05) is 11.9 Å². The van der Waals surface area contributed by atoms with Gasteiger partial charge in [-0.2, -0.15) is 0 Å². The minimum absolute atomic E-state index is 0.0204. The first-order valence-electron chi connectivity index (χ1n) is 6.69. The normalized spacial score (nSPS) is 10.3. The summed E-state index contributed by atoms with van der Waals surface area (Å²) < 4.78 is 0. The number of carbonyl (C=O) groups excluding carboxylic acids is 1. The van der Waals surface area contributed by atoms with Crippen molar-refractivity contribution in [2.24, 2.45) is 0 Å². The third-order valence-electron chi connectivity index (χ3n) is 3.42. The molecule has 2 rings (SSSR count). The van der Waals surface area contributed by atoms with Crippen molar-refractivity contribution in [3.8, 4) is 5.75 Å². The Labute approximate surface area is 119 Å². The zero-order valence-corrected chi connectivity index (χ0v) is 12.1. The maximum atomic E-state index is 12.4. The molecule has 0 fully saturated rings. The molecule has 0 unspecified atom stereocenters. The number of amides is 1. The molecule has 0 radical (unpaired) electrons. The number of aryl methyl sites for hydroxylation is 2. The fraction of sp³-hybridized carbons (Fsp3) is 0.235. The number of benzene rings is 2. The molecule has 2 aromatic carbocycles. The predicted molar refractivity (Wildman–Crippen MR) is 81.4 cm³/mol. The van der Waals surface area contributed by atoms with Crippen LogP contribution >= 0.6 is 0 Å². The van der Waals surface area contributed by atoms with Crippen LogP contribution in [-0.2, 0) is 6.42 Å². The van der Waals surface area contributed by atoms with Gasteiger partial charge < -0.3 is 10.0 Å². The van der Waals surface area contributed by atoms with Crippen molar-refractivity contribution in [1.82, 2.24) is 0 Å². The van der Waals surface area contributed by atoms with Crippen LogP contribution in [0.2, 0.25) is 0 Å². The zero-order chi connectivity index (χ0) is 14.7. The number of carbonyl (C=O) groups is 1. The van der Waals surface area contributed by atoms with E-state index in [1.807, 2.05) is 37.3 Å². The van der Waals surface area contributed by atoms with E-state index in [0.29, 0.717) is 5.56 Å². The summed E-state index contributed by atoms with van der Waals surface area (Å²) in [5.74, 6) is -0.196. The molecular formula is C17H19NO2. The number of nitrogens with zero attached hydrogens (tertiary/aromatic N) is 1. The average molecular weight is 269 g/mol. The number of hydrogen-bond acceptors (Lipinski definition) is 2. The minimum Gasteiger partial charge on any atom is -0.507 e. The summed E-state index contributed by atoms with van der Waals surface area (Å²) in [5.41, 5.74) is 3.28. The first kappa shape index (κ1) is 14.1. The molecule has 0 saturated carbocycles. The van der Waals surface area contributed by atoms with Crippen LogP contribution in [0.4, 0.5) is 5.69 Å². The van der Waals surface area contributed by atoms with E-state index in [-0.39, 0.29) is 11.7 Å². The molecule has 3 nitrogen and oxygen atoms in total. The van der Waals surface area contributed by atoms with Crippen molar-refractivity contribution < 1.29 is 9.90 Å². The highest BCUT2D eigenvalue weighted by Crippen LogP contribution is 2.23. The van der Waals surface area contributed by atoms with E-state index in [1.54, 1.807) is 24.1 Å². The number of hydrogen-bond donors (Lipinski definition) is 1. The quantitative estimate of drug-likeness (QED) is 0.925. The van der Waals surface area contributed by atoms with Gasteiger partial charge in [0.25, 0.3) is 5.91 Å². The zero-order valence-electron chi connectivity index (χ0n) is 12.1. The van der Waals surface area contributed by atoms with Crippen LogP contribution < -0.4 is 4.90 Å². The van der Waals surface area contributed by atoms with Crippen molar-refractivity contribution in [3.05, 3.63) is 59.2 Å². The maximum Gasteiger partial charge on any atom is 0.261 e. The molecule has 20 heavy (non-hydrogen) atoms. The molecule has 1 N–H and O–H groups in total. The lowest BCUT2D eigenvalue weighted by Gasteiger charge is -2.18. The van der Waals surface area contributed by atoms with Gasteiger partial charge in [0, 0.05) is 12.7 Å². The summed E-state index contributed by atoms with van der Waals surface area (Å²) in [7, 11) is 1.71. The first-order chi connectivity index (χ1) is 9.52. The number of anilines is 1. The van der Waals surface area contributed by atoms with Crippen LogP contribution in [0.1, 0.15) is 28.4 Å². The van der Waals surface area contributed by atoms with Gasteiger partial charge >= 0.3 is 0 Å². The Bertz CT molecular complexity index is 617. The molecule has 0 aliphatic carbocycles. The molecule has 0 atom stereocenters. The number of phenolic OH excluding ortho intramolecular Hbond substituents is 1. The SMILES string of the molecule is CCc1ccc(N(C)C(=O)c2ccc(C)cc2O)cc1. The van der Waals surface area contributed by atoms with Crippen LogP contribution in [0.5, 0.6) is 5.75 Å². The van der Waals surface area contributed by atoms with E-state index < -0.39 is 0 Å². The van der Waals surface area contributed by atoms with E-state index in [0.717, 1.165) is 17.7 Å². The monoisotopic (exact) mass is 269 g/mol. The van der Waals surface area contributed by atoms with E-state index in [1.165, 1.54) is 5.56 Å². The Morgan fingerprint density at radius 3 is 2.35 bits per heavy atom. The molecular weight excluding hydrogens is 250 g/mol.